The van der Waals surface area contributed by atoms with Crippen LogP contribution in [-0.4, -0.2) is 35.9 Å². The van der Waals surface area contributed by atoms with E-state index in [0.29, 0.717) is 37.4 Å². The monoisotopic (exact) mass is 354 g/mol. The Morgan fingerprint density at radius 2 is 1.85 bits per heavy atom. The number of rotatable bonds is 2. The Hall–Kier alpha value is -2.73. The van der Waals surface area contributed by atoms with E-state index in [1.54, 1.807) is 4.90 Å². The topological polar surface area (TPSA) is 71.0 Å². The number of fused-ring (bicyclic) bond motifs is 1. The fraction of sp³-hybridized carbons (Fsp3) is 0.350. The number of anilines is 1. The normalized spacial score (nSPS) is 17.8. The third-order valence-corrected chi connectivity index (χ3v) is 5.17. The van der Waals surface area contributed by atoms with E-state index >= 15 is 0 Å². The molecule has 2 aromatic carbocycles. The predicted octanol–water partition coefficient (Wildman–Crippen LogP) is 3.24. The predicted molar refractivity (Wildman–Crippen MR) is 97.5 cm³/mol. The van der Waals surface area contributed by atoms with Crippen molar-refractivity contribution in [2.45, 2.75) is 25.4 Å². The highest BCUT2D eigenvalue weighted by molar-refractivity contribution is 5.90. The van der Waals surface area contributed by atoms with Gasteiger partial charge in [-0.1, -0.05) is 24.3 Å². The molecule has 0 saturated carbocycles. The van der Waals surface area contributed by atoms with Crippen LogP contribution in [0, 0.1) is 6.92 Å². The number of hydrogen-bond acceptors (Lipinski definition) is 4. The number of para-hydroxylation sites is 1. The molecule has 6 heteroatoms. The zero-order valence-electron chi connectivity index (χ0n) is 14.7. The molecule has 2 aliphatic rings. The number of nitrogens with zero attached hydrogens (tertiary/aromatic N) is 1. The number of urea groups is 1. The lowest BCUT2D eigenvalue weighted by atomic mass is 9.84. The molecule has 2 aliphatic heterocycles. The number of aliphatic hydroxyl groups is 1. The third kappa shape index (κ3) is 3.08. The van der Waals surface area contributed by atoms with Crippen LogP contribution in [0.25, 0.3) is 0 Å². The van der Waals surface area contributed by atoms with Gasteiger partial charge in [0.15, 0.2) is 11.5 Å². The number of ether oxygens (including phenoxy) is 2. The van der Waals surface area contributed by atoms with Crippen LogP contribution < -0.4 is 14.8 Å². The maximum absolute atomic E-state index is 12.5. The molecule has 2 amide bonds. The van der Waals surface area contributed by atoms with Crippen molar-refractivity contribution >= 4 is 11.7 Å². The number of carbonyl (C=O) groups is 1. The quantitative estimate of drug-likeness (QED) is 0.869. The lowest BCUT2D eigenvalue weighted by Gasteiger charge is -2.38. The molecule has 6 nitrogen and oxygen atoms in total. The fourth-order valence-electron chi connectivity index (χ4n) is 3.46. The number of likely N-dealkylation sites (tertiary alicyclic amines) is 1. The first-order chi connectivity index (χ1) is 12.5. The van der Waals surface area contributed by atoms with E-state index in [0.717, 1.165) is 16.8 Å². The molecule has 2 heterocycles. The molecular weight excluding hydrogens is 332 g/mol. The summed E-state index contributed by atoms with van der Waals surface area (Å²) in [6, 6.07) is 13.1. The van der Waals surface area contributed by atoms with Crippen molar-refractivity contribution < 1.29 is 19.4 Å². The third-order valence-electron chi connectivity index (χ3n) is 5.17. The van der Waals surface area contributed by atoms with Crippen LogP contribution in [0.15, 0.2) is 42.5 Å². The van der Waals surface area contributed by atoms with Crippen molar-refractivity contribution in [3.63, 3.8) is 0 Å². The average Bonchev–Trinajstić information content (AvgIpc) is 3.12. The average molecular weight is 354 g/mol. The Morgan fingerprint density at radius 3 is 2.62 bits per heavy atom. The Kier molecular flexibility index (Phi) is 4.20. The Bertz CT molecular complexity index is 828. The van der Waals surface area contributed by atoms with Gasteiger partial charge in [0.1, 0.15) is 0 Å². The van der Waals surface area contributed by atoms with Gasteiger partial charge in [-0.25, -0.2) is 4.79 Å². The molecule has 136 valence electrons. The molecule has 0 aromatic heterocycles. The van der Waals surface area contributed by atoms with Crippen LogP contribution >= 0.6 is 0 Å². The molecule has 26 heavy (non-hydrogen) atoms. The molecule has 0 radical (unpaired) electrons. The maximum Gasteiger partial charge on any atom is 0.321 e. The summed E-state index contributed by atoms with van der Waals surface area (Å²) in [7, 11) is 0. The minimum absolute atomic E-state index is 0.132. The first-order valence-corrected chi connectivity index (χ1v) is 8.79. The minimum atomic E-state index is -0.958. The highest BCUT2D eigenvalue weighted by Crippen LogP contribution is 2.39. The summed E-state index contributed by atoms with van der Waals surface area (Å²) in [4.78, 5) is 14.3. The molecule has 0 aliphatic carbocycles. The second-order valence-corrected chi connectivity index (χ2v) is 6.83. The molecule has 2 aromatic rings. The smallest absolute Gasteiger partial charge is 0.321 e. The van der Waals surface area contributed by atoms with Gasteiger partial charge in [-0.2, -0.15) is 0 Å². The molecule has 0 bridgehead atoms. The van der Waals surface area contributed by atoms with Crippen LogP contribution in [-0.2, 0) is 5.60 Å². The van der Waals surface area contributed by atoms with Crippen LogP contribution in [0.5, 0.6) is 11.5 Å². The van der Waals surface area contributed by atoms with Crippen LogP contribution in [0.2, 0.25) is 0 Å². The molecule has 4 rings (SSSR count). The van der Waals surface area contributed by atoms with Crippen LogP contribution in [0.4, 0.5) is 10.5 Å². The summed E-state index contributed by atoms with van der Waals surface area (Å²) >= 11 is 0. The van der Waals surface area contributed by atoms with E-state index in [1.165, 1.54) is 0 Å². The van der Waals surface area contributed by atoms with Crippen LogP contribution in [0.3, 0.4) is 0 Å². The van der Waals surface area contributed by atoms with E-state index in [4.69, 9.17) is 9.47 Å². The minimum Gasteiger partial charge on any atom is -0.454 e. The van der Waals surface area contributed by atoms with E-state index in [-0.39, 0.29) is 12.8 Å². The summed E-state index contributed by atoms with van der Waals surface area (Å²) in [5.74, 6) is 1.36. The maximum atomic E-state index is 12.5. The summed E-state index contributed by atoms with van der Waals surface area (Å²) in [5, 5.41) is 14.0. The van der Waals surface area contributed by atoms with Gasteiger partial charge in [0.25, 0.3) is 0 Å². The number of aryl methyl sites for hydroxylation is 1. The van der Waals surface area contributed by atoms with Crippen LogP contribution in [0.1, 0.15) is 24.0 Å². The lowest BCUT2D eigenvalue weighted by Crippen LogP contribution is -2.46. The number of amides is 2. The summed E-state index contributed by atoms with van der Waals surface area (Å²) in [5.41, 5.74) is 1.69. The van der Waals surface area contributed by atoms with E-state index < -0.39 is 5.60 Å². The largest absolute Gasteiger partial charge is 0.454 e. The van der Waals surface area contributed by atoms with Crippen molar-refractivity contribution in [3.05, 3.63) is 53.6 Å². The van der Waals surface area contributed by atoms with Gasteiger partial charge in [0.2, 0.25) is 6.79 Å². The first kappa shape index (κ1) is 16.7. The van der Waals surface area contributed by atoms with E-state index in [9.17, 15) is 9.90 Å². The van der Waals surface area contributed by atoms with Crippen molar-refractivity contribution in [3.8, 4) is 11.5 Å². The highest BCUT2D eigenvalue weighted by atomic mass is 16.7. The van der Waals surface area contributed by atoms with Gasteiger partial charge in [-0.15, -0.1) is 0 Å². The van der Waals surface area contributed by atoms with E-state index in [2.05, 4.69) is 5.32 Å². The lowest BCUT2D eigenvalue weighted by molar-refractivity contribution is -0.0158. The molecule has 0 unspecified atom stereocenters. The number of hydrogen-bond donors (Lipinski definition) is 2. The van der Waals surface area contributed by atoms with Gasteiger partial charge in [-0.05, 0) is 49.1 Å². The number of nitrogens with one attached hydrogen (secondary N) is 1. The van der Waals surface area contributed by atoms with Crippen molar-refractivity contribution in [1.29, 1.82) is 0 Å². The first-order valence-electron chi connectivity index (χ1n) is 8.79. The Labute approximate surface area is 152 Å². The molecular formula is C20H22N2O4. The second kappa shape index (κ2) is 6.53. The zero-order valence-corrected chi connectivity index (χ0v) is 14.7. The fourth-order valence-corrected chi connectivity index (χ4v) is 3.46. The van der Waals surface area contributed by atoms with Crippen molar-refractivity contribution in [2.24, 2.45) is 0 Å². The number of piperidine rings is 1. The Balaban J connectivity index is 1.42. The molecule has 0 atom stereocenters. The van der Waals surface area contributed by atoms with Crippen molar-refractivity contribution in [1.82, 2.24) is 4.90 Å². The van der Waals surface area contributed by atoms with Gasteiger partial charge in [0, 0.05) is 18.8 Å². The Morgan fingerprint density at radius 1 is 1.12 bits per heavy atom. The van der Waals surface area contributed by atoms with Gasteiger partial charge in [-0.3, -0.25) is 0 Å². The molecule has 2 N–H and O–H groups in total. The summed E-state index contributed by atoms with van der Waals surface area (Å²) < 4.78 is 10.7. The highest BCUT2D eigenvalue weighted by Gasteiger charge is 2.36. The molecule has 1 fully saturated rings. The van der Waals surface area contributed by atoms with Gasteiger partial charge >= 0.3 is 6.03 Å². The standard InChI is InChI=1S/C20H22N2O4/c1-14-4-2-3-5-16(14)21-19(23)22-10-8-20(24,9-11-22)15-6-7-17-18(12-15)26-13-25-17/h2-7,12,24H,8-11,13H2,1H3,(H,21,23). The number of carbonyl (C=O) groups excluding carboxylic acids is 1. The van der Waals surface area contributed by atoms with Gasteiger partial charge in [0.05, 0.1) is 5.60 Å². The zero-order chi connectivity index (χ0) is 18.1. The molecule has 1 saturated heterocycles. The number of benzene rings is 2. The molecule has 0 spiro atoms. The SMILES string of the molecule is Cc1ccccc1NC(=O)N1CCC(O)(c2ccc3c(c2)OCO3)CC1. The summed E-state index contributed by atoms with van der Waals surface area (Å²) in [6.07, 6.45) is 0.960. The van der Waals surface area contributed by atoms with Crippen molar-refractivity contribution in [2.75, 3.05) is 25.2 Å². The summed E-state index contributed by atoms with van der Waals surface area (Å²) in [6.45, 7) is 3.15. The van der Waals surface area contributed by atoms with E-state index in [1.807, 2.05) is 49.4 Å². The van der Waals surface area contributed by atoms with Gasteiger partial charge < -0.3 is 24.8 Å². The second-order valence-electron chi connectivity index (χ2n) is 6.83.